The van der Waals surface area contributed by atoms with Crippen molar-refractivity contribution in [2.24, 2.45) is 0 Å². The van der Waals surface area contributed by atoms with E-state index in [-0.39, 0.29) is 0 Å². The molecular formula is C18H21ClN3S+. The van der Waals surface area contributed by atoms with Gasteiger partial charge in [0.25, 0.3) is 0 Å². The Kier molecular flexibility index (Phi) is 5.16. The Labute approximate surface area is 147 Å². The number of rotatable bonds is 2. The molecule has 1 heterocycles. The first-order chi connectivity index (χ1) is 11.1. The lowest BCUT2D eigenvalue weighted by Gasteiger charge is -2.39. The molecule has 0 saturated carbocycles. The molecule has 2 N–H and O–H groups in total. The standard InChI is InChI=1S/C18H20ClN3S/c1-21-11-12-22(17(13-21)14-5-3-2-4-6-14)18(23)20-16-9-7-15(19)8-10-16/h2-10,17H,11-13H2,1H3,(H,20,23)/p+1/t17-/m1/s1. The van der Waals surface area contributed by atoms with Gasteiger partial charge in [0.05, 0.1) is 20.1 Å². The van der Waals surface area contributed by atoms with Crippen molar-refractivity contribution in [1.82, 2.24) is 4.90 Å². The van der Waals surface area contributed by atoms with Crippen LogP contribution < -0.4 is 10.2 Å². The number of nitrogens with one attached hydrogen (secondary N) is 2. The second-order valence-electron chi connectivity index (χ2n) is 5.97. The molecule has 1 saturated heterocycles. The Bertz CT molecular complexity index is 660. The summed E-state index contributed by atoms with van der Waals surface area (Å²) in [5.74, 6) is 0. The van der Waals surface area contributed by atoms with Gasteiger partial charge in [0.2, 0.25) is 0 Å². The third kappa shape index (κ3) is 4.02. The van der Waals surface area contributed by atoms with E-state index < -0.39 is 0 Å². The minimum atomic E-state index is 0.303. The van der Waals surface area contributed by atoms with Crippen LogP contribution >= 0.6 is 23.8 Å². The first kappa shape index (κ1) is 16.2. The number of quaternary nitrogens is 1. The van der Waals surface area contributed by atoms with Crippen LogP contribution in [0.25, 0.3) is 0 Å². The molecular weight excluding hydrogens is 326 g/mol. The zero-order valence-electron chi connectivity index (χ0n) is 13.1. The van der Waals surface area contributed by atoms with Crippen LogP contribution in [-0.2, 0) is 0 Å². The molecule has 3 rings (SSSR count). The molecule has 120 valence electrons. The van der Waals surface area contributed by atoms with E-state index in [1.54, 1.807) is 0 Å². The van der Waals surface area contributed by atoms with Crippen LogP contribution in [0.5, 0.6) is 0 Å². The van der Waals surface area contributed by atoms with E-state index in [4.69, 9.17) is 23.8 Å². The Hall–Kier alpha value is -1.62. The predicted molar refractivity (Wildman–Crippen MR) is 100 cm³/mol. The number of anilines is 1. The zero-order valence-corrected chi connectivity index (χ0v) is 14.7. The van der Waals surface area contributed by atoms with Crippen molar-refractivity contribution >= 4 is 34.6 Å². The van der Waals surface area contributed by atoms with Gasteiger partial charge in [-0.1, -0.05) is 41.9 Å². The average molecular weight is 347 g/mol. The molecule has 2 atom stereocenters. The van der Waals surface area contributed by atoms with Crippen LogP contribution in [0, 0.1) is 0 Å². The highest BCUT2D eigenvalue weighted by atomic mass is 35.5. The maximum absolute atomic E-state index is 5.94. The van der Waals surface area contributed by atoms with Crippen molar-refractivity contribution in [2.75, 3.05) is 32.0 Å². The normalized spacial score (nSPS) is 21.0. The fraction of sp³-hybridized carbons (Fsp3) is 0.278. The number of halogens is 1. The average Bonchev–Trinajstić information content (AvgIpc) is 2.57. The fourth-order valence-corrected chi connectivity index (χ4v) is 3.42. The van der Waals surface area contributed by atoms with E-state index in [9.17, 15) is 0 Å². The van der Waals surface area contributed by atoms with Crippen molar-refractivity contribution in [1.29, 1.82) is 0 Å². The summed E-state index contributed by atoms with van der Waals surface area (Å²) < 4.78 is 0. The van der Waals surface area contributed by atoms with Crippen LogP contribution in [0.4, 0.5) is 5.69 Å². The molecule has 1 fully saturated rings. The van der Waals surface area contributed by atoms with Gasteiger partial charge in [0.15, 0.2) is 5.11 Å². The molecule has 3 nitrogen and oxygen atoms in total. The quantitative estimate of drug-likeness (QED) is 0.816. The summed E-state index contributed by atoms with van der Waals surface area (Å²) in [7, 11) is 2.24. The Balaban J connectivity index is 1.78. The largest absolute Gasteiger partial charge is 0.334 e. The van der Waals surface area contributed by atoms with E-state index in [0.29, 0.717) is 6.04 Å². The maximum atomic E-state index is 5.94. The number of nitrogens with zero attached hydrogens (tertiary/aromatic N) is 1. The summed E-state index contributed by atoms with van der Waals surface area (Å²) in [5, 5.41) is 4.84. The maximum Gasteiger partial charge on any atom is 0.174 e. The summed E-state index contributed by atoms with van der Waals surface area (Å²) >= 11 is 11.6. The van der Waals surface area contributed by atoms with Crippen molar-refractivity contribution in [3.8, 4) is 0 Å². The fourth-order valence-electron chi connectivity index (χ4n) is 2.95. The van der Waals surface area contributed by atoms with Crippen LogP contribution in [-0.4, -0.2) is 36.7 Å². The summed E-state index contributed by atoms with van der Waals surface area (Å²) in [4.78, 5) is 3.83. The van der Waals surface area contributed by atoms with Gasteiger partial charge in [0.1, 0.15) is 12.6 Å². The summed E-state index contributed by atoms with van der Waals surface area (Å²) in [5.41, 5.74) is 2.28. The number of benzene rings is 2. The van der Waals surface area contributed by atoms with Crippen LogP contribution in [0.1, 0.15) is 11.6 Å². The minimum absolute atomic E-state index is 0.303. The predicted octanol–water partition coefficient (Wildman–Crippen LogP) is 2.61. The number of likely N-dealkylation sites (N-methyl/N-ethyl adjacent to an activating group) is 1. The van der Waals surface area contributed by atoms with E-state index in [1.165, 1.54) is 10.5 Å². The number of hydrogen-bond donors (Lipinski definition) is 2. The van der Waals surface area contributed by atoms with Crippen LogP contribution in [0.15, 0.2) is 54.6 Å². The third-order valence-corrected chi connectivity index (χ3v) is 4.83. The Morgan fingerprint density at radius 3 is 2.57 bits per heavy atom. The highest BCUT2D eigenvalue weighted by Crippen LogP contribution is 2.22. The molecule has 0 amide bonds. The molecule has 0 spiro atoms. The molecule has 2 aromatic carbocycles. The molecule has 0 radical (unpaired) electrons. The molecule has 5 heteroatoms. The molecule has 23 heavy (non-hydrogen) atoms. The first-order valence-electron chi connectivity index (χ1n) is 7.83. The van der Waals surface area contributed by atoms with Gasteiger partial charge in [-0.05, 0) is 42.0 Å². The molecule has 1 unspecified atom stereocenters. The first-order valence-corrected chi connectivity index (χ1v) is 8.61. The summed E-state index contributed by atoms with van der Waals surface area (Å²) in [6, 6.07) is 18.5. The lowest BCUT2D eigenvalue weighted by Crippen LogP contribution is -3.12. The van der Waals surface area contributed by atoms with Gasteiger partial charge < -0.3 is 15.1 Å². The van der Waals surface area contributed by atoms with Gasteiger partial charge in [-0.25, -0.2) is 0 Å². The van der Waals surface area contributed by atoms with Gasteiger partial charge >= 0.3 is 0 Å². The topological polar surface area (TPSA) is 19.7 Å². The number of piperazine rings is 1. The smallest absolute Gasteiger partial charge is 0.174 e. The number of hydrogen-bond acceptors (Lipinski definition) is 1. The number of thiocarbonyl (C=S) groups is 1. The second kappa shape index (κ2) is 7.30. The van der Waals surface area contributed by atoms with Crippen LogP contribution in [0.3, 0.4) is 0 Å². The van der Waals surface area contributed by atoms with E-state index in [1.807, 2.05) is 24.3 Å². The molecule has 0 aromatic heterocycles. The van der Waals surface area contributed by atoms with Crippen molar-refractivity contribution in [3.05, 3.63) is 65.2 Å². The minimum Gasteiger partial charge on any atom is -0.334 e. The third-order valence-electron chi connectivity index (χ3n) is 4.24. The lowest BCUT2D eigenvalue weighted by molar-refractivity contribution is -0.887. The SMILES string of the molecule is C[NH+]1CCN(C(=S)Nc2ccc(Cl)cc2)[C@@H](c2ccccc2)C1. The van der Waals surface area contributed by atoms with Gasteiger partial charge in [0, 0.05) is 10.7 Å². The lowest BCUT2D eigenvalue weighted by atomic mass is 10.0. The summed E-state index contributed by atoms with van der Waals surface area (Å²) in [6.45, 7) is 3.09. The zero-order chi connectivity index (χ0) is 16.2. The summed E-state index contributed by atoms with van der Waals surface area (Å²) in [6.07, 6.45) is 0. The van der Waals surface area contributed by atoms with Crippen molar-refractivity contribution in [3.63, 3.8) is 0 Å². The Morgan fingerprint density at radius 2 is 1.87 bits per heavy atom. The van der Waals surface area contributed by atoms with E-state index in [0.717, 1.165) is 35.5 Å². The second-order valence-corrected chi connectivity index (χ2v) is 6.79. The van der Waals surface area contributed by atoms with E-state index in [2.05, 4.69) is 47.6 Å². The monoisotopic (exact) mass is 346 g/mol. The molecule has 1 aliphatic rings. The Morgan fingerprint density at radius 1 is 1.17 bits per heavy atom. The van der Waals surface area contributed by atoms with Gasteiger partial charge in [-0.3, -0.25) is 0 Å². The van der Waals surface area contributed by atoms with Crippen LogP contribution in [0.2, 0.25) is 5.02 Å². The van der Waals surface area contributed by atoms with E-state index >= 15 is 0 Å². The van der Waals surface area contributed by atoms with Gasteiger partial charge in [-0.15, -0.1) is 0 Å². The highest BCUT2D eigenvalue weighted by molar-refractivity contribution is 7.80. The molecule has 2 aromatic rings. The highest BCUT2D eigenvalue weighted by Gasteiger charge is 2.30. The molecule has 0 bridgehead atoms. The van der Waals surface area contributed by atoms with Crippen molar-refractivity contribution < 1.29 is 4.90 Å². The molecule has 0 aliphatic carbocycles. The van der Waals surface area contributed by atoms with Crippen molar-refractivity contribution in [2.45, 2.75) is 6.04 Å². The molecule has 1 aliphatic heterocycles. The van der Waals surface area contributed by atoms with Gasteiger partial charge in [-0.2, -0.15) is 0 Å².